The van der Waals surface area contributed by atoms with E-state index in [0.717, 1.165) is 16.9 Å². The Balaban J connectivity index is 1.59. The number of nitrogens with one attached hydrogen (secondary N) is 2. The van der Waals surface area contributed by atoms with E-state index in [0.29, 0.717) is 31.1 Å². The number of rotatable bonds is 7. The molecule has 0 spiro atoms. The number of hydrogen-bond acceptors (Lipinski definition) is 2. The van der Waals surface area contributed by atoms with Gasteiger partial charge in [0, 0.05) is 11.6 Å². The Morgan fingerprint density at radius 1 is 1.12 bits per heavy atom. The van der Waals surface area contributed by atoms with Gasteiger partial charge in [-0.1, -0.05) is 23.7 Å². The minimum absolute atomic E-state index is 0.256. The SMILES string of the molecule is Cc1cc(OCCNC(=O)NCCc2ccc(F)cc2)ccc1Cl. The van der Waals surface area contributed by atoms with Gasteiger partial charge in [0.05, 0.1) is 6.54 Å². The van der Waals surface area contributed by atoms with E-state index in [-0.39, 0.29) is 11.8 Å². The molecule has 0 heterocycles. The van der Waals surface area contributed by atoms with E-state index in [2.05, 4.69) is 10.6 Å². The van der Waals surface area contributed by atoms with Gasteiger partial charge >= 0.3 is 6.03 Å². The van der Waals surface area contributed by atoms with Crippen LogP contribution in [-0.2, 0) is 6.42 Å². The van der Waals surface area contributed by atoms with Gasteiger partial charge in [-0.2, -0.15) is 0 Å². The van der Waals surface area contributed by atoms with Gasteiger partial charge in [-0.25, -0.2) is 9.18 Å². The van der Waals surface area contributed by atoms with Crippen LogP contribution in [0.4, 0.5) is 9.18 Å². The Labute approximate surface area is 146 Å². The number of benzene rings is 2. The molecule has 24 heavy (non-hydrogen) atoms. The van der Waals surface area contributed by atoms with E-state index in [9.17, 15) is 9.18 Å². The first kappa shape index (κ1) is 18.1. The third-order valence-corrected chi connectivity index (χ3v) is 3.82. The Kier molecular flexibility index (Phi) is 6.88. The van der Waals surface area contributed by atoms with Crippen LogP contribution in [0.15, 0.2) is 42.5 Å². The summed E-state index contributed by atoms with van der Waals surface area (Å²) in [6.07, 6.45) is 0.647. The molecule has 6 heteroatoms. The molecule has 0 unspecified atom stereocenters. The number of halogens is 2. The molecule has 2 rings (SSSR count). The molecule has 0 radical (unpaired) electrons. The van der Waals surface area contributed by atoms with Crippen LogP contribution in [0.2, 0.25) is 5.02 Å². The number of carbonyl (C=O) groups excluding carboxylic acids is 1. The highest BCUT2D eigenvalue weighted by Gasteiger charge is 2.01. The number of carbonyl (C=O) groups is 1. The smallest absolute Gasteiger partial charge is 0.314 e. The Morgan fingerprint density at radius 2 is 1.83 bits per heavy atom. The lowest BCUT2D eigenvalue weighted by atomic mass is 10.1. The van der Waals surface area contributed by atoms with Crippen molar-refractivity contribution in [2.45, 2.75) is 13.3 Å². The summed E-state index contributed by atoms with van der Waals surface area (Å²) in [5, 5.41) is 6.15. The number of ether oxygens (including phenoxy) is 1. The molecule has 2 amide bonds. The molecule has 0 saturated carbocycles. The first-order chi connectivity index (χ1) is 11.5. The predicted octanol–water partition coefficient (Wildman–Crippen LogP) is 3.71. The van der Waals surface area contributed by atoms with Crippen molar-refractivity contribution in [2.75, 3.05) is 19.7 Å². The summed E-state index contributed by atoms with van der Waals surface area (Å²) in [5.41, 5.74) is 1.92. The van der Waals surface area contributed by atoms with Crippen molar-refractivity contribution in [3.05, 3.63) is 64.4 Å². The zero-order valence-electron chi connectivity index (χ0n) is 13.4. The van der Waals surface area contributed by atoms with Gasteiger partial charge in [0.25, 0.3) is 0 Å². The number of aryl methyl sites for hydroxylation is 1. The molecular weight excluding hydrogens is 331 g/mol. The fourth-order valence-corrected chi connectivity index (χ4v) is 2.19. The Morgan fingerprint density at radius 3 is 2.54 bits per heavy atom. The van der Waals surface area contributed by atoms with E-state index >= 15 is 0 Å². The van der Waals surface area contributed by atoms with E-state index < -0.39 is 0 Å². The maximum Gasteiger partial charge on any atom is 0.314 e. The van der Waals surface area contributed by atoms with E-state index in [1.807, 2.05) is 13.0 Å². The van der Waals surface area contributed by atoms with Crippen molar-refractivity contribution in [1.82, 2.24) is 10.6 Å². The van der Waals surface area contributed by atoms with E-state index in [1.54, 1.807) is 24.3 Å². The number of amides is 2. The molecule has 0 saturated heterocycles. The average molecular weight is 351 g/mol. The average Bonchev–Trinajstić information content (AvgIpc) is 2.56. The van der Waals surface area contributed by atoms with Gasteiger partial charge in [-0.15, -0.1) is 0 Å². The van der Waals surface area contributed by atoms with Gasteiger partial charge in [-0.05, 0) is 54.8 Å². The lowest BCUT2D eigenvalue weighted by Gasteiger charge is -2.10. The number of urea groups is 1. The molecule has 2 aromatic carbocycles. The molecule has 0 aromatic heterocycles. The zero-order valence-corrected chi connectivity index (χ0v) is 14.2. The first-order valence-electron chi connectivity index (χ1n) is 7.69. The summed E-state index contributed by atoms with van der Waals surface area (Å²) in [6, 6.07) is 11.4. The van der Waals surface area contributed by atoms with Crippen LogP contribution in [0, 0.1) is 12.7 Å². The maximum absolute atomic E-state index is 12.8. The highest BCUT2D eigenvalue weighted by atomic mass is 35.5. The molecule has 2 N–H and O–H groups in total. The third kappa shape index (κ3) is 6.08. The fourth-order valence-electron chi connectivity index (χ4n) is 2.07. The summed E-state index contributed by atoms with van der Waals surface area (Å²) >= 11 is 5.94. The summed E-state index contributed by atoms with van der Waals surface area (Å²) in [7, 11) is 0. The van der Waals surface area contributed by atoms with Gasteiger partial charge in [-0.3, -0.25) is 0 Å². The van der Waals surface area contributed by atoms with Crippen molar-refractivity contribution in [2.24, 2.45) is 0 Å². The second kappa shape index (κ2) is 9.13. The second-order valence-electron chi connectivity index (χ2n) is 5.32. The lowest BCUT2D eigenvalue weighted by molar-refractivity contribution is 0.236. The molecule has 0 fully saturated rings. The normalized spacial score (nSPS) is 10.3. The Bertz CT molecular complexity index is 677. The van der Waals surface area contributed by atoms with Gasteiger partial charge in [0.15, 0.2) is 0 Å². The van der Waals surface area contributed by atoms with Crippen LogP contribution in [0.3, 0.4) is 0 Å². The molecule has 0 bridgehead atoms. The minimum atomic E-state index is -0.264. The molecule has 4 nitrogen and oxygen atoms in total. The molecule has 0 atom stereocenters. The second-order valence-corrected chi connectivity index (χ2v) is 5.73. The van der Waals surface area contributed by atoms with Crippen molar-refractivity contribution in [3.8, 4) is 5.75 Å². The molecule has 0 aliphatic carbocycles. The van der Waals surface area contributed by atoms with Crippen LogP contribution in [0.1, 0.15) is 11.1 Å². The van der Waals surface area contributed by atoms with Gasteiger partial charge < -0.3 is 15.4 Å². The van der Waals surface area contributed by atoms with E-state index in [4.69, 9.17) is 16.3 Å². The summed E-state index contributed by atoms with van der Waals surface area (Å²) < 4.78 is 18.3. The van der Waals surface area contributed by atoms with Crippen LogP contribution in [0.25, 0.3) is 0 Å². The summed E-state index contributed by atoms with van der Waals surface area (Å²) in [6.45, 7) is 3.15. The van der Waals surface area contributed by atoms with Crippen LogP contribution in [0.5, 0.6) is 5.75 Å². The van der Waals surface area contributed by atoms with Crippen LogP contribution in [-0.4, -0.2) is 25.7 Å². The predicted molar refractivity (Wildman–Crippen MR) is 93.2 cm³/mol. The standard InChI is InChI=1S/C18H20ClFN2O2/c1-13-12-16(6-7-17(13)19)24-11-10-22-18(23)21-9-8-14-2-4-15(20)5-3-14/h2-7,12H,8-11H2,1H3,(H2,21,22,23). The zero-order chi connectivity index (χ0) is 17.4. The number of hydrogen-bond donors (Lipinski definition) is 2. The topological polar surface area (TPSA) is 50.4 Å². The van der Waals surface area contributed by atoms with E-state index in [1.165, 1.54) is 12.1 Å². The lowest BCUT2D eigenvalue weighted by Crippen LogP contribution is -2.38. The minimum Gasteiger partial charge on any atom is -0.492 e. The van der Waals surface area contributed by atoms with Gasteiger partial charge in [0.2, 0.25) is 0 Å². The highest BCUT2D eigenvalue weighted by molar-refractivity contribution is 6.31. The van der Waals surface area contributed by atoms with Crippen LogP contribution < -0.4 is 15.4 Å². The molecule has 2 aromatic rings. The van der Waals surface area contributed by atoms with Gasteiger partial charge in [0.1, 0.15) is 18.2 Å². The molecule has 0 aliphatic heterocycles. The molecule has 128 valence electrons. The quantitative estimate of drug-likeness (QED) is 0.748. The van der Waals surface area contributed by atoms with Crippen LogP contribution >= 0.6 is 11.6 Å². The summed E-state index contributed by atoms with van der Waals surface area (Å²) in [4.78, 5) is 11.6. The van der Waals surface area contributed by atoms with Crippen molar-refractivity contribution in [1.29, 1.82) is 0 Å². The van der Waals surface area contributed by atoms with Crippen molar-refractivity contribution >= 4 is 17.6 Å². The highest BCUT2D eigenvalue weighted by Crippen LogP contribution is 2.20. The molecular formula is C18H20ClFN2O2. The van der Waals surface area contributed by atoms with Crippen molar-refractivity contribution < 1.29 is 13.9 Å². The maximum atomic E-state index is 12.8. The first-order valence-corrected chi connectivity index (χ1v) is 8.07. The summed E-state index contributed by atoms with van der Waals surface area (Å²) in [5.74, 6) is 0.454. The monoisotopic (exact) mass is 350 g/mol. The third-order valence-electron chi connectivity index (χ3n) is 3.40. The van der Waals surface area contributed by atoms with Crippen molar-refractivity contribution in [3.63, 3.8) is 0 Å². The fraction of sp³-hybridized carbons (Fsp3) is 0.278. The molecule has 0 aliphatic rings. The Hall–Kier alpha value is -2.27. The largest absolute Gasteiger partial charge is 0.492 e.